The summed E-state index contributed by atoms with van der Waals surface area (Å²) in [6, 6.07) is 17.3. The molecule has 0 fully saturated rings. The van der Waals surface area contributed by atoms with E-state index >= 15 is 0 Å². The second kappa shape index (κ2) is 5.44. The Morgan fingerprint density at radius 1 is 0.632 bits per heavy atom. The van der Waals surface area contributed by atoms with E-state index in [1.54, 1.807) is 0 Å². The first-order valence-corrected chi connectivity index (χ1v) is 7.07. The third-order valence-corrected chi connectivity index (χ3v) is 3.71. The summed E-state index contributed by atoms with van der Waals surface area (Å²) in [6.45, 7) is 8.61. The Morgan fingerprint density at radius 2 is 1.00 bits per heavy atom. The van der Waals surface area contributed by atoms with Crippen LogP contribution in [-0.4, -0.2) is 0 Å². The molecule has 0 aromatic heterocycles. The minimum absolute atomic E-state index is 0.0662. The van der Waals surface area contributed by atoms with Crippen molar-refractivity contribution >= 4 is 12.2 Å². The number of hydrogen-bond donors (Lipinski definition) is 0. The summed E-state index contributed by atoms with van der Waals surface area (Å²) in [5.74, 6) is 0. The smallest absolute Gasteiger partial charge is 0.0158 e. The van der Waals surface area contributed by atoms with Gasteiger partial charge in [0.15, 0.2) is 0 Å². The fourth-order valence-corrected chi connectivity index (χ4v) is 2.75. The summed E-state index contributed by atoms with van der Waals surface area (Å²) in [5, 5.41) is 0. The highest BCUT2D eigenvalue weighted by Gasteiger charge is 2.28. The standard InChI is InChI=1S/C17H16.C2H6/c1-17(2)15-9-5-3-7-13(15)11-12-14-8-4-6-10-16(14)17;1-2/h3-12H,1-2H3;1-2H3. The predicted octanol–water partition coefficient (Wildman–Crippen LogP) is 5.52. The number of benzene rings is 2. The van der Waals surface area contributed by atoms with Gasteiger partial charge in [0.05, 0.1) is 0 Å². The van der Waals surface area contributed by atoms with E-state index in [0.717, 1.165) is 0 Å². The molecule has 0 bridgehead atoms. The molecule has 0 heterocycles. The van der Waals surface area contributed by atoms with Crippen LogP contribution in [0.4, 0.5) is 0 Å². The molecule has 3 rings (SSSR count). The average molecular weight is 250 g/mol. The van der Waals surface area contributed by atoms with Crippen LogP contribution < -0.4 is 0 Å². The Hall–Kier alpha value is -1.82. The normalized spacial score (nSPS) is 14.5. The van der Waals surface area contributed by atoms with Crippen molar-refractivity contribution in [3.8, 4) is 0 Å². The topological polar surface area (TPSA) is 0 Å². The first kappa shape index (κ1) is 13.6. The molecule has 1 aliphatic carbocycles. The van der Waals surface area contributed by atoms with E-state index in [1.807, 2.05) is 13.8 Å². The minimum atomic E-state index is 0.0662. The lowest BCUT2D eigenvalue weighted by atomic mass is 9.76. The molecule has 1 aliphatic rings. The molecule has 0 nitrogen and oxygen atoms in total. The zero-order valence-electron chi connectivity index (χ0n) is 12.3. The van der Waals surface area contributed by atoms with Gasteiger partial charge in [-0.25, -0.2) is 0 Å². The molecule has 19 heavy (non-hydrogen) atoms. The maximum Gasteiger partial charge on any atom is 0.0158 e. The molecule has 0 aliphatic heterocycles. The van der Waals surface area contributed by atoms with E-state index in [9.17, 15) is 0 Å². The molecule has 0 N–H and O–H groups in total. The van der Waals surface area contributed by atoms with E-state index in [-0.39, 0.29) is 5.41 Å². The SMILES string of the molecule is CC.CC1(C)c2ccccc2C=Cc2ccccc21. The fourth-order valence-electron chi connectivity index (χ4n) is 2.75. The summed E-state index contributed by atoms with van der Waals surface area (Å²) in [7, 11) is 0. The Kier molecular flexibility index (Phi) is 3.90. The first-order valence-electron chi connectivity index (χ1n) is 7.07. The van der Waals surface area contributed by atoms with E-state index < -0.39 is 0 Å². The van der Waals surface area contributed by atoms with Crippen molar-refractivity contribution < 1.29 is 0 Å². The van der Waals surface area contributed by atoms with Crippen molar-refractivity contribution in [3.05, 3.63) is 70.8 Å². The molecule has 0 spiro atoms. The van der Waals surface area contributed by atoms with Crippen LogP contribution in [-0.2, 0) is 5.41 Å². The van der Waals surface area contributed by atoms with Crippen LogP contribution in [0.15, 0.2) is 48.5 Å². The van der Waals surface area contributed by atoms with Gasteiger partial charge in [-0.15, -0.1) is 0 Å². The lowest BCUT2D eigenvalue weighted by Gasteiger charge is -2.28. The quantitative estimate of drug-likeness (QED) is 0.577. The van der Waals surface area contributed by atoms with Gasteiger partial charge in [-0.05, 0) is 22.3 Å². The molecule has 0 atom stereocenters. The zero-order valence-corrected chi connectivity index (χ0v) is 12.3. The van der Waals surface area contributed by atoms with Crippen LogP contribution in [0.2, 0.25) is 0 Å². The lowest BCUT2D eigenvalue weighted by Crippen LogP contribution is -2.20. The van der Waals surface area contributed by atoms with Crippen molar-refractivity contribution in [2.24, 2.45) is 0 Å². The Balaban J connectivity index is 0.000000637. The first-order chi connectivity index (χ1) is 9.19. The van der Waals surface area contributed by atoms with Gasteiger partial charge in [0.25, 0.3) is 0 Å². The molecule has 0 saturated heterocycles. The van der Waals surface area contributed by atoms with E-state index in [1.165, 1.54) is 22.3 Å². The molecule has 0 radical (unpaired) electrons. The molecule has 0 saturated carbocycles. The average Bonchev–Trinajstić information content (AvgIpc) is 2.58. The Morgan fingerprint density at radius 3 is 1.42 bits per heavy atom. The van der Waals surface area contributed by atoms with Crippen molar-refractivity contribution in [2.45, 2.75) is 33.1 Å². The van der Waals surface area contributed by atoms with Gasteiger partial charge < -0.3 is 0 Å². The number of fused-ring (bicyclic) bond motifs is 2. The van der Waals surface area contributed by atoms with Crippen molar-refractivity contribution in [2.75, 3.05) is 0 Å². The van der Waals surface area contributed by atoms with Crippen molar-refractivity contribution in [1.82, 2.24) is 0 Å². The highest BCUT2D eigenvalue weighted by atomic mass is 14.3. The number of rotatable bonds is 0. The minimum Gasteiger partial charge on any atom is -0.0683 e. The van der Waals surface area contributed by atoms with Gasteiger partial charge in [0.1, 0.15) is 0 Å². The van der Waals surface area contributed by atoms with Crippen LogP contribution in [0.1, 0.15) is 49.9 Å². The van der Waals surface area contributed by atoms with E-state index in [2.05, 4.69) is 74.5 Å². The second-order valence-corrected chi connectivity index (χ2v) is 5.13. The summed E-state index contributed by atoms with van der Waals surface area (Å²) in [4.78, 5) is 0. The molecule has 2 aromatic rings. The van der Waals surface area contributed by atoms with Crippen LogP contribution in [0, 0.1) is 0 Å². The predicted molar refractivity (Wildman–Crippen MR) is 85.3 cm³/mol. The van der Waals surface area contributed by atoms with Gasteiger partial charge in [0, 0.05) is 5.41 Å². The van der Waals surface area contributed by atoms with Crippen molar-refractivity contribution in [3.63, 3.8) is 0 Å². The van der Waals surface area contributed by atoms with Crippen LogP contribution in [0.25, 0.3) is 12.2 Å². The lowest BCUT2D eigenvalue weighted by molar-refractivity contribution is 0.639. The molecular weight excluding hydrogens is 228 g/mol. The third-order valence-electron chi connectivity index (χ3n) is 3.71. The molecular formula is C19H22. The van der Waals surface area contributed by atoms with Crippen LogP contribution in [0.3, 0.4) is 0 Å². The number of hydrogen-bond acceptors (Lipinski definition) is 0. The fraction of sp³-hybridized carbons (Fsp3) is 0.263. The van der Waals surface area contributed by atoms with Gasteiger partial charge in [0.2, 0.25) is 0 Å². The van der Waals surface area contributed by atoms with E-state index in [4.69, 9.17) is 0 Å². The van der Waals surface area contributed by atoms with Gasteiger partial charge >= 0.3 is 0 Å². The Bertz CT molecular complexity index is 537. The van der Waals surface area contributed by atoms with Crippen molar-refractivity contribution in [1.29, 1.82) is 0 Å². The zero-order chi connectivity index (χ0) is 13.9. The molecule has 0 amide bonds. The maximum atomic E-state index is 2.30. The molecule has 0 unspecified atom stereocenters. The second-order valence-electron chi connectivity index (χ2n) is 5.13. The summed E-state index contributed by atoms with van der Waals surface area (Å²) < 4.78 is 0. The third kappa shape index (κ3) is 2.35. The van der Waals surface area contributed by atoms with E-state index in [0.29, 0.717) is 0 Å². The van der Waals surface area contributed by atoms with Gasteiger partial charge in [-0.1, -0.05) is 88.4 Å². The highest BCUT2D eigenvalue weighted by Crippen LogP contribution is 2.38. The summed E-state index contributed by atoms with van der Waals surface area (Å²) in [5.41, 5.74) is 5.53. The molecule has 0 heteroatoms. The maximum absolute atomic E-state index is 2.30. The molecule has 2 aromatic carbocycles. The van der Waals surface area contributed by atoms with Gasteiger partial charge in [-0.2, -0.15) is 0 Å². The highest BCUT2D eigenvalue weighted by molar-refractivity contribution is 5.77. The molecule has 98 valence electrons. The van der Waals surface area contributed by atoms with Crippen LogP contribution >= 0.6 is 0 Å². The van der Waals surface area contributed by atoms with Crippen LogP contribution in [0.5, 0.6) is 0 Å². The van der Waals surface area contributed by atoms with Gasteiger partial charge in [-0.3, -0.25) is 0 Å². The monoisotopic (exact) mass is 250 g/mol. The Labute approximate surface area is 116 Å². The largest absolute Gasteiger partial charge is 0.0683 e. The summed E-state index contributed by atoms with van der Waals surface area (Å²) in [6.07, 6.45) is 4.45. The summed E-state index contributed by atoms with van der Waals surface area (Å²) >= 11 is 0.